The molecule has 1 heterocycles. The molecule has 1 aromatic carbocycles. The highest BCUT2D eigenvalue weighted by atomic mass is 32.2. The monoisotopic (exact) mass is 380 g/mol. The lowest BCUT2D eigenvalue weighted by Crippen LogP contribution is -2.57. The van der Waals surface area contributed by atoms with Crippen LogP contribution in [-0.4, -0.2) is 69.5 Å². The van der Waals surface area contributed by atoms with Gasteiger partial charge < -0.3 is 15.1 Å². The highest BCUT2D eigenvalue weighted by Gasteiger charge is 2.40. The smallest absolute Gasteiger partial charge is 0.193 e. The molecule has 0 bridgehead atoms. The van der Waals surface area contributed by atoms with Gasteiger partial charge in [0.25, 0.3) is 0 Å². The number of benzene rings is 1. The highest BCUT2D eigenvalue weighted by Crippen LogP contribution is 2.23. The first-order valence-electron chi connectivity index (χ1n) is 9.19. The number of nitrogens with zero attached hydrogens (tertiary/aromatic N) is 3. The summed E-state index contributed by atoms with van der Waals surface area (Å²) in [6, 6.07) is 8.50. The second-order valence-corrected chi connectivity index (χ2v) is 10.1. The number of hydrogen-bond acceptors (Lipinski definition) is 4. The molecular weight excluding hydrogens is 348 g/mol. The lowest BCUT2D eigenvalue weighted by molar-refractivity contribution is 0.353. The number of likely N-dealkylation sites (N-methyl/N-ethyl adjacent to an activating group) is 1. The molecule has 0 aliphatic carbocycles. The Kier molecular flexibility index (Phi) is 6.55. The van der Waals surface area contributed by atoms with Crippen molar-refractivity contribution in [2.24, 2.45) is 4.99 Å². The molecule has 1 saturated heterocycles. The lowest BCUT2D eigenvalue weighted by Gasteiger charge is -2.39. The minimum atomic E-state index is -3.05. The van der Waals surface area contributed by atoms with Gasteiger partial charge in [-0.15, -0.1) is 0 Å². The molecule has 0 atom stereocenters. The number of aryl methyl sites for hydroxylation is 1. The van der Waals surface area contributed by atoms with Crippen molar-refractivity contribution in [3.63, 3.8) is 0 Å². The fourth-order valence-electron chi connectivity index (χ4n) is 3.25. The average molecular weight is 381 g/mol. The minimum absolute atomic E-state index is 0.172. The second kappa shape index (κ2) is 8.29. The average Bonchev–Trinajstić information content (AvgIpc) is 2.58. The zero-order valence-corrected chi connectivity index (χ0v) is 17.4. The van der Waals surface area contributed by atoms with E-state index < -0.39 is 14.6 Å². The Morgan fingerprint density at radius 1 is 1.38 bits per heavy atom. The maximum Gasteiger partial charge on any atom is 0.193 e. The molecule has 146 valence electrons. The quantitative estimate of drug-likeness (QED) is 0.624. The molecule has 0 saturated carbocycles. The minimum Gasteiger partial charge on any atom is -0.370 e. The zero-order valence-electron chi connectivity index (χ0n) is 16.6. The zero-order chi connectivity index (χ0) is 19.4. The lowest BCUT2D eigenvalue weighted by atomic mass is 10.2. The van der Waals surface area contributed by atoms with E-state index in [0.717, 1.165) is 25.6 Å². The first-order valence-corrected chi connectivity index (χ1v) is 10.8. The molecule has 2 rings (SSSR count). The van der Waals surface area contributed by atoms with Crippen LogP contribution in [0.15, 0.2) is 29.3 Å². The Morgan fingerprint density at radius 2 is 2.12 bits per heavy atom. The van der Waals surface area contributed by atoms with Crippen LogP contribution >= 0.6 is 0 Å². The van der Waals surface area contributed by atoms with Crippen LogP contribution in [0.3, 0.4) is 0 Å². The third-order valence-electron chi connectivity index (χ3n) is 4.97. The van der Waals surface area contributed by atoms with Crippen molar-refractivity contribution in [1.29, 1.82) is 0 Å². The van der Waals surface area contributed by atoms with E-state index >= 15 is 0 Å². The van der Waals surface area contributed by atoms with Crippen molar-refractivity contribution >= 4 is 21.5 Å². The van der Waals surface area contributed by atoms with Crippen LogP contribution in [0.4, 0.5) is 5.69 Å². The topological polar surface area (TPSA) is 65.0 Å². The first kappa shape index (κ1) is 20.6. The Hall–Kier alpha value is -1.76. The summed E-state index contributed by atoms with van der Waals surface area (Å²) in [5, 5.41) is 3.39. The molecule has 7 heteroatoms. The van der Waals surface area contributed by atoms with Crippen molar-refractivity contribution in [3.05, 3.63) is 29.8 Å². The van der Waals surface area contributed by atoms with E-state index in [-0.39, 0.29) is 5.75 Å². The van der Waals surface area contributed by atoms with E-state index in [1.807, 2.05) is 4.90 Å². The predicted octanol–water partition coefficient (Wildman–Crippen LogP) is 1.91. The Morgan fingerprint density at radius 3 is 2.69 bits per heavy atom. The van der Waals surface area contributed by atoms with Crippen molar-refractivity contribution in [2.45, 2.75) is 32.4 Å². The van der Waals surface area contributed by atoms with E-state index in [1.165, 1.54) is 11.3 Å². The van der Waals surface area contributed by atoms with E-state index in [0.29, 0.717) is 13.1 Å². The van der Waals surface area contributed by atoms with Gasteiger partial charge in [0.2, 0.25) is 0 Å². The van der Waals surface area contributed by atoms with Crippen LogP contribution in [0, 0.1) is 6.92 Å². The van der Waals surface area contributed by atoms with Gasteiger partial charge in [-0.3, -0.25) is 4.99 Å². The van der Waals surface area contributed by atoms with Crippen molar-refractivity contribution in [3.8, 4) is 0 Å². The van der Waals surface area contributed by atoms with Crippen LogP contribution in [0.5, 0.6) is 0 Å². The summed E-state index contributed by atoms with van der Waals surface area (Å²) < 4.78 is 23.6. The molecule has 0 unspecified atom stereocenters. The number of sulfone groups is 1. The van der Waals surface area contributed by atoms with Gasteiger partial charge in [0.1, 0.15) is 0 Å². The Labute approximate surface area is 158 Å². The summed E-state index contributed by atoms with van der Waals surface area (Å²) in [5.41, 5.74) is 2.47. The third-order valence-corrected chi connectivity index (χ3v) is 7.50. The molecule has 6 nitrogen and oxygen atoms in total. The first-order chi connectivity index (χ1) is 12.2. The Balaban J connectivity index is 1.95. The van der Waals surface area contributed by atoms with E-state index in [4.69, 9.17) is 0 Å². The summed E-state index contributed by atoms with van der Waals surface area (Å²) in [4.78, 5) is 8.72. The van der Waals surface area contributed by atoms with Gasteiger partial charge in [0.15, 0.2) is 15.8 Å². The molecule has 1 N–H and O–H groups in total. The largest absolute Gasteiger partial charge is 0.370 e. The molecule has 0 aromatic heterocycles. The van der Waals surface area contributed by atoms with Gasteiger partial charge in [-0.2, -0.15) is 0 Å². The molecule has 26 heavy (non-hydrogen) atoms. The van der Waals surface area contributed by atoms with Crippen LogP contribution in [0.25, 0.3) is 0 Å². The maximum absolute atomic E-state index is 12.2. The number of anilines is 1. The molecule has 1 aromatic rings. The Bertz CT molecular complexity index is 744. The van der Waals surface area contributed by atoms with E-state index in [9.17, 15) is 8.42 Å². The van der Waals surface area contributed by atoms with Crippen molar-refractivity contribution < 1.29 is 8.42 Å². The van der Waals surface area contributed by atoms with E-state index in [1.54, 1.807) is 20.9 Å². The van der Waals surface area contributed by atoms with Crippen LogP contribution in [0.1, 0.15) is 26.3 Å². The standard InChI is InChI=1S/C19H32N4O2S/c1-6-22(17-9-7-8-16(2)14-17)11-10-21-18(20-5)23-12-13-26(24,25)19(3,4)15-23/h7-9,14H,6,10-13,15H2,1-5H3,(H,20,21). The molecular formula is C19H32N4O2S. The van der Waals surface area contributed by atoms with Gasteiger partial charge in [0, 0.05) is 45.5 Å². The van der Waals surface area contributed by atoms with Crippen LogP contribution in [-0.2, 0) is 9.84 Å². The van der Waals surface area contributed by atoms with Gasteiger partial charge in [-0.25, -0.2) is 8.42 Å². The summed E-state index contributed by atoms with van der Waals surface area (Å²) >= 11 is 0. The van der Waals surface area contributed by atoms with Gasteiger partial charge in [0.05, 0.1) is 10.5 Å². The molecule has 1 aliphatic rings. The number of guanidine groups is 1. The highest BCUT2D eigenvalue weighted by molar-refractivity contribution is 7.92. The second-order valence-electron chi connectivity index (χ2n) is 7.39. The van der Waals surface area contributed by atoms with Crippen LogP contribution in [0.2, 0.25) is 0 Å². The number of aliphatic imine (C=N–C) groups is 1. The van der Waals surface area contributed by atoms with Crippen molar-refractivity contribution in [1.82, 2.24) is 10.2 Å². The maximum atomic E-state index is 12.2. The number of nitrogens with one attached hydrogen (secondary N) is 1. The fraction of sp³-hybridized carbons (Fsp3) is 0.632. The molecule has 1 aliphatic heterocycles. The molecule has 0 amide bonds. The normalized spacial score (nSPS) is 19.3. The SMILES string of the molecule is CCN(CCNC(=NC)N1CCS(=O)(=O)C(C)(C)C1)c1cccc(C)c1. The molecule has 0 radical (unpaired) electrons. The van der Waals surface area contributed by atoms with Gasteiger partial charge in [-0.1, -0.05) is 12.1 Å². The summed E-state index contributed by atoms with van der Waals surface area (Å²) in [5.74, 6) is 0.943. The number of hydrogen-bond donors (Lipinski definition) is 1. The fourth-order valence-corrected chi connectivity index (χ4v) is 4.62. The summed E-state index contributed by atoms with van der Waals surface area (Å²) in [7, 11) is -1.30. The predicted molar refractivity (Wildman–Crippen MR) is 110 cm³/mol. The van der Waals surface area contributed by atoms with E-state index in [2.05, 4.69) is 53.3 Å². The van der Waals surface area contributed by atoms with Gasteiger partial charge in [-0.05, 0) is 45.4 Å². The van der Waals surface area contributed by atoms with Crippen molar-refractivity contribution in [2.75, 3.05) is 50.4 Å². The van der Waals surface area contributed by atoms with Crippen LogP contribution < -0.4 is 10.2 Å². The third kappa shape index (κ3) is 4.69. The van der Waals surface area contributed by atoms with Gasteiger partial charge >= 0.3 is 0 Å². The molecule has 0 spiro atoms. The molecule has 1 fully saturated rings. The summed E-state index contributed by atoms with van der Waals surface area (Å²) in [6.45, 7) is 11.3. The number of rotatable bonds is 5. The summed E-state index contributed by atoms with van der Waals surface area (Å²) in [6.07, 6.45) is 0.